The zero-order chi connectivity index (χ0) is 21.6. The molecular weight excluding hydrogens is 400 g/mol. The number of aryl methyl sites for hydroxylation is 2. The van der Waals surface area contributed by atoms with Crippen molar-refractivity contribution in [3.8, 4) is 0 Å². The molecule has 0 aliphatic carbocycles. The Morgan fingerprint density at radius 3 is 2.57 bits per heavy atom. The third-order valence-corrected chi connectivity index (χ3v) is 6.62. The SMILES string of the molecule is CN=C(NCCNS(=O)(=O)c1ccc(C)cc1)N1CCOC(c2ccccc2C)C1. The molecular formula is C22H30N4O3S. The Bertz CT molecular complexity index is 974. The van der Waals surface area contributed by atoms with Gasteiger partial charge in [0.05, 0.1) is 18.0 Å². The first-order valence-corrected chi connectivity index (χ1v) is 11.6. The molecule has 2 N–H and O–H groups in total. The zero-order valence-corrected chi connectivity index (χ0v) is 18.6. The summed E-state index contributed by atoms with van der Waals surface area (Å²) < 4.78 is 33.4. The summed E-state index contributed by atoms with van der Waals surface area (Å²) in [5.74, 6) is 0.742. The third kappa shape index (κ3) is 5.59. The van der Waals surface area contributed by atoms with E-state index in [1.54, 1.807) is 31.3 Å². The number of benzene rings is 2. The van der Waals surface area contributed by atoms with Gasteiger partial charge in [-0.2, -0.15) is 0 Å². The molecule has 0 aromatic heterocycles. The van der Waals surface area contributed by atoms with Crippen LogP contribution in [0.3, 0.4) is 0 Å². The monoisotopic (exact) mass is 430 g/mol. The van der Waals surface area contributed by atoms with E-state index in [4.69, 9.17) is 4.74 Å². The van der Waals surface area contributed by atoms with Crippen LogP contribution in [0.4, 0.5) is 0 Å². The fourth-order valence-electron chi connectivity index (χ4n) is 3.47. The Labute approximate surface area is 179 Å². The van der Waals surface area contributed by atoms with Crippen LogP contribution in [0.2, 0.25) is 0 Å². The third-order valence-electron chi connectivity index (χ3n) is 5.14. The van der Waals surface area contributed by atoms with Crippen LogP contribution in [-0.4, -0.2) is 59.1 Å². The molecule has 1 heterocycles. The van der Waals surface area contributed by atoms with Gasteiger partial charge in [-0.05, 0) is 37.1 Å². The number of sulfonamides is 1. The highest BCUT2D eigenvalue weighted by Gasteiger charge is 2.25. The molecule has 8 heteroatoms. The lowest BCUT2D eigenvalue weighted by atomic mass is 10.0. The number of hydrogen-bond acceptors (Lipinski definition) is 4. The van der Waals surface area contributed by atoms with Crippen molar-refractivity contribution in [2.45, 2.75) is 24.8 Å². The van der Waals surface area contributed by atoms with Crippen LogP contribution >= 0.6 is 0 Å². The maximum absolute atomic E-state index is 12.4. The highest BCUT2D eigenvalue weighted by Crippen LogP contribution is 2.24. The molecule has 0 spiro atoms. The van der Waals surface area contributed by atoms with E-state index in [1.807, 2.05) is 19.1 Å². The van der Waals surface area contributed by atoms with Crippen molar-refractivity contribution in [1.29, 1.82) is 0 Å². The first-order chi connectivity index (χ1) is 14.4. The first kappa shape index (κ1) is 22.3. The molecule has 1 aliphatic rings. The van der Waals surface area contributed by atoms with E-state index in [0.29, 0.717) is 19.7 Å². The molecule has 1 fully saturated rings. The fourth-order valence-corrected chi connectivity index (χ4v) is 4.50. The van der Waals surface area contributed by atoms with Crippen LogP contribution in [0.15, 0.2) is 58.4 Å². The average Bonchev–Trinajstić information content (AvgIpc) is 2.74. The maximum atomic E-state index is 12.4. The van der Waals surface area contributed by atoms with Gasteiger partial charge < -0.3 is 15.0 Å². The molecule has 1 unspecified atom stereocenters. The lowest BCUT2D eigenvalue weighted by molar-refractivity contribution is -0.00828. The van der Waals surface area contributed by atoms with Crippen LogP contribution in [0.1, 0.15) is 22.8 Å². The topological polar surface area (TPSA) is 83.0 Å². The molecule has 0 bridgehead atoms. The second kappa shape index (κ2) is 10.1. The fraction of sp³-hybridized carbons (Fsp3) is 0.409. The lowest BCUT2D eigenvalue weighted by Crippen LogP contribution is -2.49. The standard InChI is InChI=1S/C22H30N4O3S/c1-17-8-10-19(11-9-17)30(27,28)25-13-12-24-22(23-3)26-14-15-29-21(16-26)20-7-5-4-6-18(20)2/h4-11,21,25H,12-16H2,1-3H3,(H,23,24). The average molecular weight is 431 g/mol. The molecule has 0 radical (unpaired) electrons. The first-order valence-electron chi connectivity index (χ1n) is 10.1. The quantitative estimate of drug-likeness (QED) is 0.417. The smallest absolute Gasteiger partial charge is 0.240 e. The molecule has 2 aromatic carbocycles. The van der Waals surface area contributed by atoms with Crippen molar-refractivity contribution < 1.29 is 13.2 Å². The minimum absolute atomic E-state index is 0.0152. The summed E-state index contributed by atoms with van der Waals surface area (Å²) in [5.41, 5.74) is 3.41. The molecule has 7 nitrogen and oxygen atoms in total. The summed E-state index contributed by atoms with van der Waals surface area (Å²) in [6, 6.07) is 15.0. The Kier molecular flexibility index (Phi) is 7.47. The predicted molar refractivity (Wildman–Crippen MR) is 119 cm³/mol. The van der Waals surface area contributed by atoms with Gasteiger partial charge in [0.15, 0.2) is 5.96 Å². The number of nitrogens with one attached hydrogen (secondary N) is 2. The van der Waals surface area contributed by atoms with Gasteiger partial charge >= 0.3 is 0 Å². The van der Waals surface area contributed by atoms with Gasteiger partial charge in [0.1, 0.15) is 6.10 Å². The molecule has 30 heavy (non-hydrogen) atoms. The molecule has 162 valence electrons. The second-order valence-corrected chi connectivity index (χ2v) is 9.11. The second-order valence-electron chi connectivity index (χ2n) is 7.35. The van der Waals surface area contributed by atoms with Crippen molar-refractivity contribution in [3.05, 3.63) is 65.2 Å². The number of morpholine rings is 1. The molecule has 1 saturated heterocycles. The number of nitrogens with zero attached hydrogens (tertiary/aromatic N) is 2. The van der Waals surface area contributed by atoms with E-state index in [1.165, 1.54) is 11.1 Å². The van der Waals surface area contributed by atoms with Crippen molar-refractivity contribution in [3.63, 3.8) is 0 Å². The van der Waals surface area contributed by atoms with Crippen molar-refractivity contribution in [2.75, 3.05) is 39.8 Å². The zero-order valence-electron chi connectivity index (χ0n) is 17.8. The molecule has 0 saturated carbocycles. The van der Waals surface area contributed by atoms with Gasteiger partial charge in [-0.1, -0.05) is 42.0 Å². The van der Waals surface area contributed by atoms with Gasteiger partial charge in [0, 0.05) is 26.7 Å². The number of guanidine groups is 1. The minimum Gasteiger partial charge on any atom is -0.370 e. The van der Waals surface area contributed by atoms with Crippen LogP contribution in [0.5, 0.6) is 0 Å². The van der Waals surface area contributed by atoms with Crippen molar-refractivity contribution >= 4 is 16.0 Å². The maximum Gasteiger partial charge on any atom is 0.240 e. The van der Waals surface area contributed by atoms with E-state index in [9.17, 15) is 8.42 Å². The van der Waals surface area contributed by atoms with Crippen LogP contribution < -0.4 is 10.0 Å². The van der Waals surface area contributed by atoms with E-state index >= 15 is 0 Å². The van der Waals surface area contributed by atoms with Gasteiger partial charge in [-0.15, -0.1) is 0 Å². The summed E-state index contributed by atoms with van der Waals surface area (Å²) in [4.78, 5) is 6.78. The van der Waals surface area contributed by atoms with Crippen LogP contribution in [0, 0.1) is 13.8 Å². The summed E-state index contributed by atoms with van der Waals surface area (Å²) in [7, 11) is -1.79. The molecule has 3 rings (SSSR count). The van der Waals surface area contributed by atoms with E-state index in [0.717, 1.165) is 18.1 Å². The molecule has 0 amide bonds. The highest BCUT2D eigenvalue weighted by molar-refractivity contribution is 7.89. The van der Waals surface area contributed by atoms with E-state index in [2.05, 4.69) is 39.0 Å². The summed E-state index contributed by atoms with van der Waals surface area (Å²) >= 11 is 0. The molecule has 1 aliphatic heterocycles. The number of ether oxygens (including phenoxy) is 1. The number of hydrogen-bond donors (Lipinski definition) is 2. The molecule has 1 atom stereocenters. The number of aliphatic imine (C=N–C) groups is 1. The van der Waals surface area contributed by atoms with E-state index < -0.39 is 10.0 Å². The van der Waals surface area contributed by atoms with Crippen LogP contribution in [0.25, 0.3) is 0 Å². The largest absolute Gasteiger partial charge is 0.370 e. The van der Waals surface area contributed by atoms with E-state index in [-0.39, 0.29) is 17.5 Å². The summed E-state index contributed by atoms with van der Waals surface area (Å²) in [6.07, 6.45) is -0.0152. The highest BCUT2D eigenvalue weighted by atomic mass is 32.2. The predicted octanol–water partition coefficient (Wildman–Crippen LogP) is 2.23. The van der Waals surface area contributed by atoms with Crippen molar-refractivity contribution in [1.82, 2.24) is 14.9 Å². The van der Waals surface area contributed by atoms with Gasteiger partial charge in [-0.25, -0.2) is 13.1 Å². The normalized spacial score (nSPS) is 17.8. The Balaban J connectivity index is 1.53. The number of rotatable bonds is 6. The van der Waals surface area contributed by atoms with Gasteiger partial charge in [-0.3, -0.25) is 4.99 Å². The Hall–Kier alpha value is -2.42. The summed E-state index contributed by atoms with van der Waals surface area (Å²) in [6.45, 7) is 6.75. The van der Waals surface area contributed by atoms with Gasteiger partial charge in [0.2, 0.25) is 10.0 Å². The van der Waals surface area contributed by atoms with Crippen LogP contribution in [-0.2, 0) is 14.8 Å². The Morgan fingerprint density at radius 1 is 1.13 bits per heavy atom. The molecule has 2 aromatic rings. The Morgan fingerprint density at radius 2 is 1.87 bits per heavy atom. The van der Waals surface area contributed by atoms with Gasteiger partial charge in [0.25, 0.3) is 0 Å². The minimum atomic E-state index is -3.52. The lowest BCUT2D eigenvalue weighted by Gasteiger charge is -2.35. The summed E-state index contributed by atoms with van der Waals surface area (Å²) in [5, 5.41) is 3.25. The van der Waals surface area contributed by atoms with Crippen molar-refractivity contribution in [2.24, 2.45) is 4.99 Å².